The molecule has 2 aromatic carbocycles. The Balaban J connectivity index is 0.00000103. The molecule has 1 amide bonds. The van der Waals surface area contributed by atoms with E-state index in [1.54, 1.807) is 4.90 Å². The molecule has 0 radical (unpaired) electrons. The normalized spacial score (nSPS) is 11.9. The summed E-state index contributed by atoms with van der Waals surface area (Å²) < 4.78 is 6.01. The van der Waals surface area contributed by atoms with Gasteiger partial charge in [-0.25, -0.2) is 4.79 Å². The average molecular weight is 485 g/mol. The molecule has 132 valence electrons. The van der Waals surface area contributed by atoms with Gasteiger partial charge in [0, 0.05) is 28.6 Å². The first-order chi connectivity index (χ1) is 11.9. The maximum absolute atomic E-state index is 11.5. The number of cyclic esters (lactones) is 1. The van der Waals surface area contributed by atoms with Crippen molar-refractivity contribution in [2.45, 2.75) is 0 Å². The number of carbonyl (C=O) groups excluding carboxylic acids is 2. The minimum atomic E-state index is -2.33. The maximum atomic E-state index is 11.5. The van der Waals surface area contributed by atoms with E-state index in [-0.39, 0.29) is 109 Å². The molecule has 0 unspecified atom stereocenters. The Kier molecular flexibility index (Phi) is 14.0. The Morgan fingerprint density at radius 2 is 1.48 bits per heavy atom. The molecule has 0 atom stereocenters. The van der Waals surface area contributed by atoms with E-state index in [1.807, 2.05) is 43.4 Å². The first-order valence-corrected chi connectivity index (χ1v) is 8.09. The van der Waals surface area contributed by atoms with Crippen molar-refractivity contribution in [2.75, 3.05) is 30.0 Å². The average Bonchev–Trinajstić information content (AvgIpc) is 3.01. The molecule has 3 rings (SSSR count). The Bertz CT molecular complexity index is 740. The molecule has 1 heterocycles. The summed E-state index contributed by atoms with van der Waals surface area (Å²) in [5.41, 5.74) is 3.03. The zero-order valence-corrected chi connectivity index (χ0v) is 23.2. The number of nitrogens with zero attached hydrogens (tertiary/aromatic N) is 2. The molecule has 27 heavy (non-hydrogen) atoms. The van der Waals surface area contributed by atoms with Crippen LogP contribution in [-0.2, 0) is 4.74 Å². The predicted octanol–water partition coefficient (Wildman–Crippen LogP) is -4.27. The van der Waals surface area contributed by atoms with Crippen molar-refractivity contribution in [3.63, 3.8) is 0 Å². The first kappa shape index (κ1) is 27.5. The second kappa shape index (κ2) is 13.7. The molecule has 0 saturated carbocycles. The van der Waals surface area contributed by atoms with Crippen molar-refractivity contribution in [1.82, 2.24) is 0 Å². The number of rotatable bonds is 3. The van der Waals surface area contributed by atoms with Crippen LogP contribution >= 0.6 is 15.9 Å². The predicted molar refractivity (Wildman–Crippen MR) is 92.7 cm³/mol. The minimum absolute atomic E-state index is 0. The van der Waals surface area contributed by atoms with E-state index in [1.165, 1.54) is 0 Å². The van der Waals surface area contributed by atoms with Crippen LogP contribution in [0, 0.1) is 0 Å². The molecule has 0 N–H and O–H groups in total. The molecule has 2 aromatic rings. The fourth-order valence-corrected chi connectivity index (χ4v) is 2.56. The second-order valence-electron chi connectivity index (χ2n) is 5.07. The fraction of sp³-hybridized carbons (Fsp3) is 0.176. The third-order valence-corrected chi connectivity index (χ3v) is 4.05. The number of ether oxygens (including phenoxy) is 1. The molecule has 7 nitrogen and oxygen atoms in total. The van der Waals surface area contributed by atoms with Crippen LogP contribution in [-0.4, -0.2) is 32.4 Å². The van der Waals surface area contributed by atoms with Gasteiger partial charge in [-0.2, -0.15) is 0 Å². The van der Waals surface area contributed by atoms with Gasteiger partial charge in [-0.1, -0.05) is 15.9 Å². The maximum Gasteiger partial charge on any atom is 1.00 e. The van der Waals surface area contributed by atoms with Gasteiger partial charge in [0.2, 0.25) is 0 Å². The van der Waals surface area contributed by atoms with Crippen LogP contribution in [0.5, 0.6) is 0 Å². The molecule has 10 heteroatoms. The van der Waals surface area contributed by atoms with Crippen LogP contribution < -0.4 is 123 Å². The molecule has 0 spiro atoms. The molecular formula is C17H15BrK2N2O5. The standard InChI is InChI=1S/C16H15BrN2O2.CH2O3.2K/c1-18(13-4-2-12(17)3-5-13)14-6-8-15(9-7-14)19-10-11-21-16(19)20;2-1(3)4;;/h2-9H,10-11H2,1H3;(H2,2,3,4);;/q;;2*+1/p-2. The van der Waals surface area contributed by atoms with E-state index in [0.29, 0.717) is 13.2 Å². The van der Waals surface area contributed by atoms with Crippen molar-refractivity contribution < 1.29 is 127 Å². The second-order valence-corrected chi connectivity index (χ2v) is 5.98. The number of hydrogen-bond donors (Lipinski definition) is 0. The van der Waals surface area contributed by atoms with Crippen LogP contribution in [0.2, 0.25) is 0 Å². The van der Waals surface area contributed by atoms with Crippen LogP contribution in [0.1, 0.15) is 0 Å². The van der Waals surface area contributed by atoms with Gasteiger partial charge >= 0.3 is 109 Å². The van der Waals surface area contributed by atoms with Gasteiger partial charge in [-0.15, -0.1) is 0 Å². The topological polar surface area (TPSA) is 96.0 Å². The SMILES string of the molecule is CN(c1ccc(Br)cc1)c1ccc(N2CCOC2=O)cc1.O=C([O-])[O-].[K+].[K+]. The summed E-state index contributed by atoms with van der Waals surface area (Å²) in [5.74, 6) is 0. The van der Waals surface area contributed by atoms with E-state index in [9.17, 15) is 4.79 Å². The summed E-state index contributed by atoms with van der Waals surface area (Å²) in [5, 5.41) is 16.7. The van der Waals surface area contributed by atoms with E-state index in [4.69, 9.17) is 19.7 Å². The molecule has 0 aromatic heterocycles. The van der Waals surface area contributed by atoms with Crippen molar-refractivity contribution in [3.8, 4) is 0 Å². The summed E-state index contributed by atoms with van der Waals surface area (Å²) in [4.78, 5) is 23.6. The molecule has 1 saturated heterocycles. The van der Waals surface area contributed by atoms with Crippen molar-refractivity contribution >= 4 is 45.2 Å². The summed E-state index contributed by atoms with van der Waals surface area (Å²) in [6.07, 6.45) is -2.61. The summed E-state index contributed by atoms with van der Waals surface area (Å²) >= 11 is 3.44. The van der Waals surface area contributed by atoms with Gasteiger partial charge in [0.15, 0.2) is 0 Å². The van der Waals surface area contributed by atoms with E-state index in [2.05, 4.69) is 33.0 Å². The number of anilines is 3. The van der Waals surface area contributed by atoms with Gasteiger partial charge < -0.3 is 24.6 Å². The first-order valence-electron chi connectivity index (χ1n) is 7.30. The van der Waals surface area contributed by atoms with E-state index < -0.39 is 6.16 Å². The molecule has 1 aliphatic rings. The number of carbonyl (C=O) groups is 2. The molecule has 0 aliphatic carbocycles. The zero-order valence-electron chi connectivity index (χ0n) is 15.3. The van der Waals surface area contributed by atoms with E-state index >= 15 is 0 Å². The third kappa shape index (κ3) is 8.83. The van der Waals surface area contributed by atoms with Crippen molar-refractivity contribution in [1.29, 1.82) is 0 Å². The monoisotopic (exact) mass is 484 g/mol. The van der Waals surface area contributed by atoms with Crippen LogP contribution in [0.15, 0.2) is 53.0 Å². The number of hydrogen-bond acceptors (Lipinski definition) is 6. The zero-order chi connectivity index (χ0) is 18.4. The quantitative estimate of drug-likeness (QED) is 0.409. The molecule has 0 bridgehead atoms. The van der Waals surface area contributed by atoms with Gasteiger partial charge in [0.25, 0.3) is 0 Å². The summed E-state index contributed by atoms with van der Waals surface area (Å²) in [6, 6.07) is 16.0. The Morgan fingerprint density at radius 3 is 1.89 bits per heavy atom. The fourth-order valence-electron chi connectivity index (χ4n) is 2.30. The number of benzene rings is 2. The molecular weight excluding hydrogens is 470 g/mol. The van der Waals surface area contributed by atoms with Gasteiger partial charge in [0.1, 0.15) is 6.61 Å². The Morgan fingerprint density at radius 1 is 1.04 bits per heavy atom. The van der Waals surface area contributed by atoms with Gasteiger partial charge in [-0.05, 0) is 54.7 Å². The molecule has 1 aliphatic heterocycles. The van der Waals surface area contributed by atoms with Crippen LogP contribution in [0.3, 0.4) is 0 Å². The Hall–Kier alpha value is 0.533. The van der Waals surface area contributed by atoms with E-state index in [0.717, 1.165) is 21.5 Å². The van der Waals surface area contributed by atoms with Gasteiger partial charge in [0.05, 0.1) is 6.54 Å². The minimum Gasteiger partial charge on any atom is -0.652 e. The van der Waals surface area contributed by atoms with Gasteiger partial charge in [-0.3, -0.25) is 4.90 Å². The van der Waals surface area contributed by atoms with Crippen molar-refractivity contribution in [3.05, 3.63) is 53.0 Å². The largest absolute Gasteiger partial charge is 1.00 e. The number of amides is 1. The summed E-state index contributed by atoms with van der Waals surface area (Å²) in [7, 11) is 2.02. The smallest absolute Gasteiger partial charge is 0.652 e. The number of halogens is 1. The van der Waals surface area contributed by atoms with Crippen molar-refractivity contribution in [2.24, 2.45) is 0 Å². The molecule has 1 fully saturated rings. The van der Waals surface area contributed by atoms with Crippen LogP contribution in [0.25, 0.3) is 0 Å². The summed E-state index contributed by atoms with van der Waals surface area (Å²) in [6.45, 7) is 1.07. The Labute approximate surface area is 251 Å². The number of carboxylic acid groups (broad SMARTS) is 2. The third-order valence-electron chi connectivity index (χ3n) is 3.52. The van der Waals surface area contributed by atoms with Crippen LogP contribution in [0.4, 0.5) is 26.7 Å².